The van der Waals surface area contributed by atoms with Crippen LogP contribution < -0.4 is 0 Å². The second-order valence-corrected chi connectivity index (χ2v) is 6.41. The van der Waals surface area contributed by atoms with Gasteiger partial charge in [-0.1, -0.05) is 56.7 Å². The molecule has 0 amide bonds. The van der Waals surface area contributed by atoms with Gasteiger partial charge in [0.25, 0.3) is 0 Å². The van der Waals surface area contributed by atoms with Crippen molar-refractivity contribution in [3.8, 4) is 11.3 Å². The maximum absolute atomic E-state index is 4.42. The van der Waals surface area contributed by atoms with Crippen molar-refractivity contribution in [3.63, 3.8) is 0 Å². The van der Waals surface area contributed by atoms with Gasteiger partial charge in [0, 0.05) is 10.9 Å². The summed E-state index contributed by atoms with van der Waals surface area (Å²) in [6.07, 6.45) is 0. The van der Waals surface area contributed by atoms with E-state index in [9.17, 15) is 0 Å². The van der Waals surface area contributed by atoms with Gasteiger partial charge in [0.05, 0.1) is 11.2 Å². The summed E-state index contributed by atoms with van der Waals surface area (Å²) >= 11 is 0. The van der Waals surface area contributed by atoms with E-state index in [1.165, 1.54) is 22.1 Å². The van der Waals surface area contributed by atoms with Crippen molar-refractivity contribution < 1.29 is 0 Å². The first-order chi connectivity index (χ1) is 9.47. The fourth-order valence-corrected chi connectivity index (χ4v) is 2.68. The second-order valence-electron chi connectivity index (χ2n) is 6.41. The van der Waals surface area contributed by atoms with Crippen LogP contribution in [0, 0.1) is 6.92 Å². The number of nitrogens with one attached hydrogen (secondary N) is 1. The molecule has 1 N–H and O–H groups in total. The van der Waals surface area contributed by atoms with Crippen LogP contribution in [0.1, 0.15) is 31.9 Å². The van der Waals surface area contributed by atoms with Gasteiger partial charge in [-0.05, 0) is 30.0 Å². The van der Waals surface area contributed by atoms with E-state index < -0.39 is 0 Å². The predicted octanol–water partition coefficient (Wildman–Crippen LogP) is 4.84. The first-order valence-corrected chi connectivity index (χ1v) is 7.01. The van der Waals surface area contributed by atoms with Gasteiger partial charge in [-0.15, -0.1) is 0 Å². The van der Waals surface area contributed by atoms with Gasteiger partial charge in [-0.2, -0.15) is 5.10 Å². The Balaban J connectivity index is 2.31. The van der Waals surface area contributed by atoms with Gasteiger partial charge in [0.2, 0.25) is 0 Å². The molecule has 1 heterocycles. The smallest absolute Gasteiger partial charge is 0.0927 e. The minimum absolute atomic E-state index is 0.106. The van der Waals surface area contributed by atoms with Crippen molar-refractivity contribution in [1.82, 2.24) is 10.2 Å². The Morgan fingerprint density at radius 2 is 1.75 bits per heavy atom. The summed E-state index contributed by atoms with van der Waals surface area (Å²) in [5.41, 5.74) is 6.11. The SMILES string of the molecule is Cc1ccc(C(C)(C)C)c(-c2[nH]nc3ccccc23)c1. The molecule has 1 aromatic heterocycles. The molecule has 3 rings (SSSR count). The Morgan fingerprint density at radius 3 is 2.50 bits per heavy atom. The average molecular weight is 264 g/mol. The van der Waals surface area contributed by atoms with Crippen LogP contribution >= 0.6 is 0 Å². The number of rotatable bonds is 1. The van der Waals surface area contributed by atoms with Gasteiger partial charge in [0.15, 0.2) is 0 Å². The van der Waals surface area contributed by atoms with Gasteiger partial charge >= 0.3 is 0 Å². The molecule has 0 aliphatic carbocycles. The highest BCUT2D eigenvalue weighted by Gasteiger charge is 2.20. The zero-order chi connectivity index (χ0) is 14.3. The monoisotopic (exact) mass is 264 g/mol. The Morgan fingerprint density at radius 1 is 1.00 bits per heavy atom. The standard InChI is InChI=1S/C18H20N2/c1-12-9-10-15(18(2,3)4)14(11-12)17-13-7-5-6-8-16(13)19-20-17/h5-11H,1-4H3,(H,19,20). The lowest BCUT2D eigenvalue weighted by Gasteiger charge is -2.23. The molecular weight excluding hydrogens is 244 g/mol. The fraction of sp³-hybridized carbons (Fsp3) is 0.278. The maximum Gasteiger partial charge on any atom is 0.0927 e. The Hall–Kier alpha value is -2.09. The lowest BCUT2D eigenvalue weighted by molar-refractivity contribution is 0.591. The van der Waals surface area contributed by atoms with Crippen LogP contribution in [0.25, 0.3) is 22.2 Å². The highest BCUT2D eigenvalue weighted by molar-refractivity contribution is 5.93. The molecule has 0 spiro atoms. The lowest BCUT2D eigenvalue weighted by Crippen LogP contribution is -2.13. The molecule has 0 bridgehead atoms. The zero-order valence-corrected chi connectivity index (χ0v) is 12.5. The molecule has 0 aliphatic heterocycles. The molecule has 20 heavy (non-hydrogen) atoms. The average Bonchev–Trinajstić information content (AvgIpc) is 2.80. The maximum atomic E-state index is 4.42. The van der Waals surface area contributed by atoms with Crippen LogP contribution in [-0.2, 0) is 5.41 Å². The van der Waals surface area contributed by atoms with Gasteiger partial charge in [0.1, 0.15) is 0 Å². The van der Waals surface area contributed by atoms with Crippen molar-refractivity contribution >= 4 is 10.9 Å². The summed E-state index contributed by atoms with van der Waals surface area (Å²) in [6, 6.07) is 14.9. The minimum atomic E-state index is 0.106. The normalized spacial score (nSPS) is 12.0. The number of nitrogens with zero attached hydrogens (tertiary/aromatic N) is 1. The number of hydrogen-bond acceptors (Lipinski definition) is 1. The van der Waals surface area contributed by atoms with E-state index in [1.54, 1.807) is 0 Å². The number of benzene rings is 2. The molecule has 102 valence electrons. The van der Waals surface area contributed by atoms with Gasteiger partial charge in [-0.3, -0.25) is 5.10 Å². The first kappa shape index (κ1) is 12.9. The summed E-state index contributed by atoms with van der Waals surface area (Å²) in [4.78, 5) is 0. The van der Waals surface area contributed by atoms with Crippen LogP contribution in [0.4, 0.5) is 0 Å². The third kappa shape index (κ3) is 2.11. The van der Waals surface area contributed by atoms with Crippen molar-refractivity contribution in [3.05, 3.63) is 53.6 Å². The Labute approximate surface area is 119 Å². The summed E-state index contributed by atoms with van der Waals surface area (Å²) in [5, 5.41) is 8.83. The van der Waals surface area contributed by atoms with E-state index >= 15 is 0 Å². The van der Waals surface area contributed by atoms with Crippen LogP contribution in [0.5, 0.6) is 0 Å². The number of H-pyrrole nitrogens is 1. The van der Waals surface area contributed by atoms with Gasteiger partial charge in [-0.25, -0.2) is 0 Å². The van der Waals surface area contributed by atoms with Crippen LogP contribution in [-0.4, -0.2) is 10.2 Å². The van der Waals surface area contributed by atoms with E-state index in [2.05, 4.69) is 68.2 Å². The molecule has 2 aromatic carbocycles. The van der Waals surface area contributed by atoms with E-state index in [1.807, 2.05) is 12.1 Å². The van der Waals surface area contributed by atoms with Crippen molar-refractivity contribution in [1.29, 1.82) is 0 Å². The van der Waals surface area contributed by atoms with Gasteiger partial charge < -0.3 is 0 Å². The summed E-state index contributed by atoms with van der Waals surface area (Å²) in [5.74, 6) is 0. The van der Waals surface area contributed by atoms with Crippen LogP contribution in [0.3, 0.4) is 0 Å². The van der Waals surface area contributed by atoms with Crippen LogP contribution in [0.15, 0.2) is 42.5 Å². The van der Waals surface area contributed by atoms with E-state index in [0.717, 1.165) is 11.2 Å². The van der Waals surface area contributed by atoms with Crippen molar-refractivity contribution in [2.24, 2.45) is 0 Å². The Bertz CT molecular complexity index is 760. The molecular formula is C18H20N2. The summed E-state index contributed by atoms with van der Waals surface area (Å²) in [7, 11) is 0. The fourth-order valence-electron chi connectivity index (χ4n) is 2.68. The molecule has 0 saturated heterocycles. The lowest BCUT2D eigenvalue weighted by atomic mass is 9.82. The zero-order valence-electron chi connectivity index (χ0n) is 12.5. The molecule has 0 atom stereocenters. The third-order valence-electron chi connectivity index (χ3n) is 3.71. The Kier molecular flexibility index (Phi) is 2.89. The summed E-state index contributed by atoms with van der Waals surface area (Å²) in [6.45, 7) is 8.88. The number of aromatic amines is 1. The molecule has 0 radical (unpaired) electrons. The quantitative estimate of drug-likeness (QED) is 0.669. The van der Waals surface area contributed by atoms with E-state index in [4.69, 9.17) is 0 Å². The highest BCUT2D eigenvalue weighted by atomic mass is 15.1. The molecule has 3 aromatic rings. The van der Waals surface area contributed by atoms with Crippen LogP contribution in [0.2, 0.25) is 0 Å². The van der Waals surface area contributed by atoms with Crippen molar-refractivity contribution in [2.75, 3.05) is 0 Å². The molecule has 2 heteroatoms. The largest absolute Gasteiger partial charge is 0.277 e. The molecule has 0 unspecified atom stereocenters. The third-order valence-corrected chi connectivity index (χ3v) is 3.71. The number of para-hydroxylation sites is 1. The van der Waals surface area contributed by atoms with Crippen molar-refractivity contribution in [2.45, 2.75) is 33.1 Å². The second kappa shape index (κ2) is 4.48. The molecule has 0 saturated carbocycles. The topological polar surface area (TPSA) is 28.7 Å². The first-order valence-electron chi connectivity index (χ1n) is 7.01. The minimum Gasteiger partial charge on any atom is -0.277 e. The predicted molar refractivity (Wildman–Crippen MR) is 85.0 cm³/mol. The number of aryl methyl sites for hydroxylation is 1. The van der Waals surface area contributed by atoms with E-state index in [0.29, 0.717) is 0 Å². The number of fused-ring (bicyclic) bond motifs is 1. The molecule has 0 aliphatic rings. The molecule has 0 fully saturated rings. The highest BCUT2D eigenvalue weighted by Crippen LogP contribution is 2.35. The van der Waals surface area contributed by atoms with E-state index in [-0.39, 0.29) is 5.41 Å². The number of aromatic nitrogens is 2. The summed E-state index contributed by atoms with van der Waals surface area (Å²) < 4.78 is 0. The number of hydrogen-bond donors (Lipinski definition) is 1. The molecule has 2 nitrogen and oxygen atoms in total.